The molecule has 1 rings (SSSR count). The SMILES string of the molecule is CN(CC(F)(F)F)C(=O)C1C(C(=O)O)C1(C)C. The number of rotatable bonds is 3. The van der Waals surface area contributed by atoms with Crippen LogP contribution in [0.2, 0.25) is 0 Å². The van der Waals surface area contributed by atoms with Crippen LogP contribution in [0.3, 0.4) is 0 Å². The fraction of sp³-hybridized carbons (Fsp3) is 0.800. The molecule has 17 heavy (non-hydrogen) atoms. The van der Waals surface area contributed by atoms with E-state index in [0.717, 1.165) is 7.05 Å². The number of halogens is 3. The quantitative estimate of drug-likeness (QED) is 0.826. The van der Waals surface area contributed by atoms with Crippen LogP contribution < -0.4 is 0 Å². The van der Waals surface area contributed by atoms with Crippen LogP contribution in [-0.4, -0.2) is 41.7 Å². The topological polar surface area (TPSA) is 57.6 Å². The Morgan fingerprint density at radius 2 is 1.76 bits per heavy atom. The second kappa shape index (κ2) is 3.89. The van der Waals surface area contributed by atoms with E-state index in [9.17, 15) is 22.8 Å². The molecule has 0 radical (unpaired) electrons. The maximum absolute atomic E-state index is 12.1. The highest BCUT2D eigenvalue weighted by Gasteiger charge is 2.66. The molecule has 0 saturated heterocycles. The summed E-state index contributed by atoms with van der Waals surface area (Å²) in [6.07, 6.45) is -4.47. The number of nitrogens with zero attached hydrogens (tertiary/aromatic N) is 1. The number of carboxylic acids is 1. The predicted molar refractivity (Wildman–Crippen MR) is 52.1 cm³/mol. The minimum atomic E-state index is -4.47. The van der Waals surface area contributed by atoms with Gasteiger partial charge in [-0.3, -0.25) is 9.59 Å². The predicted octanol–water partition coefficient (Wildman–Crippen LogP) is 1.36. The van der Waals surface area contributed by atoms with Crippen LogP contribution >= 0.6 is 0 Å². The van der Waals surface area contributed by atoms with Crippen molar-refractivity contribution >= 4 is 11.9 Å². The van der Waals surface area contributed by atoms with E-state index in [1.54, 1.807) is 13.8 Å². The lowest BCUT2D eigenvalue weighted by atomic mass is 10.1. The smallest absolute Gasteiger partial charge is 0.406 e. The van der Waals surface area contributed by atoms with E-state index < -0.39 is 41.8 Å². The molecule has 1 aliphatic carbocycles. The molecule has 0 aromatic rings. The van der Waals surface area contributed by atoms with Crippen molar-refractivity contribution in [2.75, 3.05) is 13.6 Å². The van der Waals surface area contributed by atoms with Gasteiger partial charge < -0.3 is 10.0 Å². The van der Waals surface area contributed by atoms with Gasteiger partial charge in [0.2, 0.25) is 5.91 Å². The highest BCUT2D eigenvalue weighted by Crippen LogP contribution is 2.58. The molecule has 0 heterocycles. The number of amides is 1. The average Bonchev–Trinajstić information content (AvgIpc) is 2.64. The van der Waals surface area contributed by atoms with E-state index in [1.807, 2.05) is 0 Å². The largest absolute Gasteiger partial charge is 0.481 e. The number of carbonyl (C=O) groups excluding carboxylic acids is 1. The van der Waals surface area contributed by atoms with E-state index in [1.165, 1.54) is 0 Å². The molecule has 0 aromatic heterocycles. The van der Waals surface area contributed by atoms with Crippen LogP contribution in [0.1, 0.15) is 13.8 Å². The lowest BCUT2D eigenvalue weighted by molar-refractivity contribution is -0.160. The van der Waals surface area contributed by atoms with Gasteiger partial charge in [-0.15, -0.1) is 0 Å². The van der Waals surface area contributed by atoms with Crippen LogP contribution in [0.25, 0.3) is 0 Å². The van der Waals surface area contributed by atoms with Gasteiger partial charge in [-0.25, -0.2) is 0 Å². The third kappa shape index (κ3) is 2.70. The maximum atomic E-state index is 12.1. The molecule has 2 atom stereocenters. The molecule has 1 fully saturated rings. The zero-order valence-corrected chi connectivity index (χ0v) is 9.71. The van der Waals surface area contributed by atoms with Crippen molar-refractivity contribution in [1.29, 1.82) is 0 Å². The molecule has 1 aliphatic rings. The number of hydrogen-bond donors (Lipinski definition) is 1. The van der Waals surface area contributed by atoms with Gasteiger partial charge in [-0.1, -0.05) is 13.8 Å². The average molecular weight is 253 g/mol. The summed E-state index contributed by atoms with van der Waals surface area (Å²) in [6.45, 7) is 1.77. The Hall–Kier alpha value is -1.27. The van der Waals surface area contributed by atoms with Gasteiger partial charge in [-0.2, -0.15) is 13.2 Å². The van der Waals surface area contributed by atoms with Crippen LogP contribution in [0.4, 0.5) is 13.2 Å². The van der Waals surface area contributed by atoms with Gasteiger partial charge >= 0.3 is 12.1 Å². The van der Waals surface area contributed by atoms with Crippen molar-refractivity contribution in [1.82, 2.24) is 4.90 Å². The van der Waals surface area contributed by atoms with Crippen LogP contribution in [0.15, 0.2) is 0 Å². The maximum Gasteiger partial charge on any atom is 0.406 e. The second-order valence-corrected chi connectivity index (χ2v) is 4.92. The van der Waals surface area contributed by atoms with Crippen LogP contribution in [0.5, 0.6) is 0 Å². The van der Waals surface area contributed by atoms with Gasteiger partial charge in [0.05, 0.1) is 11.8 Å². The summed E-state index contributed by atoms with van der Waals surface area (Å²) in [4.78, 5) is 23.0. The van der Waals surface area contributed by atoms with Crippen molar-refractivity contribution in [3.05, 3.63) is 0 Å². The summed E-state index contributed by atoms with van der Waals surface area (Å²) in [6, 6.07) is 0. The molecule has 1 amide bonds. The van der Waals surface area contributed by atoms with E-state index in [2.05, 4.69) is 0 Å². The van der Waals surface area contributed by atoms with Crippen molar-refractivity contribution in [2.45, 2.75) is 20.0 Å². The molecule has 0 aromatic carbocycles. The third-order valence-corrected chi connectivity index (χ3v) is 3.15. The number of hydrogen-bond acceptors (Lipinski definition) is 2. The monoisotopic (exact) mass is 253 g/mol. The molecule has 2 unspecified atom stereocenters. The van der Waals surface area contributed by atoms with Crippen molar-refractivity contribution in [2.24, 2.45) is 17.3 Å². The molecule has 1 saturated carbocycles. The molecule has 4 nitrogen and oxygen atoms in total. The first-order valence-corrected chi connectivity index (χ1v) is 5.03. The molecular weight excluding hydrogens is 239 g/mol. The van der Waals surface area contributed by atoms with Gasteiger partial charge in [0.1, 0.15) is 6.54 Å². The van der Waals surface area contributed by atoms with Gasteiger partial charge in [0.25, 0.3) is 0 Å². The van der Waals surface area contributed by atoms with E-state index in [-0.39, 0.29) is 0 Å². The Morgan fingerprint density at radius 3 is 2.06 bits per heavy atom. The van der Waals surface area contributed by atoms with Gasteiger partial charge in [0.15, 0.2) is 0 Å². The zero-order chi connectivity index (χ0) is 13.6. The Balaban J connectivity index is 2.70. The van der Waals surface area contributed by atoms with Gasteiger partial charge in [0, 0.05) is 7.05 Å². The lowest BCUT2D eigenvalue weighted by Gasteiger charge is -2.19. The van der Waals surface area contributed by atoms with Crippen molar-refractivity contribution in [3.63, 3.8) is 0 Å². The molecule has 98 valence electrons. The number of carboxylic acid groups (broad SMARTS) is 1. The molecule has 7 heteroatoms. The minimum Gasteiger partial charge on any atom is -0.481 e. The summed E-state index contributed by atoms with van der Waals surface area (Å²) in [5.74, 6) is -3.67. The Morgan fingerprint density at radius 1 is 1.29 bits per heavy atom. The number of carbonyl (C=O) groups is 2. The number of aliphatic carboxylic acids is 1. The molecule has 0 bridgehead atoms. The Kier molecular flexibility index (Phi) is 3.15. The summed E-state index contributed by atoms with van der Waals surface area (Å²) >= 11 is 0. The lowest BCUT2D eigenvalue weighted by Crippen LogP contribution is -2.37. The third-order valence-electron chi connectivity index (χ3n) is 3.15. The Labute approximate surface area is 96.4 Å². The fourth-order valence-corrected chi connectivity index (χ4v) is 2.14. The first kappa shape index (κ1) is 13.8. The van der Waals surface area contributed by atoms with E-state index in [4.69, 9.17) is 5.11 Å². The zero-order valence-electron chi connectivity index (χ0n) is 9.71. The van der Waals surface area contributed by atoms with Crippen LogP contribution in [-0.2, 0) is 9.59 Å². The highest BCUT2D eigenvalue weighted by molar-refractivity contribution is 5.91. The second-order valence-electron chi connectivity index (χ2n) is 4.92. The fourth-order valence-electron chi connectivity index (χ4n) is 2.14. The van der Waals surface area contributed by atoms with E-state index in [0.29, 0.717) is 4.90 Å². The van der Waals surface area contributed by atoms with Crippen LogP contribution in [0, 0.1) is 17.3 Å². The highest BCUT2D eigenvalue weighted by atomic mass is 19.4. The summed E-state index contributed by atoms with van der Waals surface area (Å²) in [5, 5.41) is 8.83. The first-order chi connectivity index (χ1) is 7.48. The summed E-state index contributed by atoms with van der Waals surface area (Å²) < 4.78 is 36.3. The number of alkyl halides is 3. The first-order valence-electron chi connectivity index (χ1n) is 5.03. The van der Waals surface area contributed by atoms with Gasteiger partial charge in [-0.05, 0) is 5.41 Å². The normalized spacial score (nSPS) is 26.5. The summed E-state index contributed by atoms with van der Waals surface area (Å²) in [7, 11) is 1.03. The standard InChI is InChI=1S/C10H14F3NO3/c1-9(2)5(6(9)8(16)17)7(15)14(3)4-10(11,12)13/h5-6H,4H2,1-3H3,(H,16,17). The molecule has 0 spiro atoms. The van der Waals surface area contributed by atoms with Crippen molar-refractivity contribution < 1.29 is 27.9 Å². The molecular formula is C10H14F3NO3. The summed E-state index contributed by atoms with van der Waals surface area (Å²) in [5.41, 5.74) is -0.775. The minimum absolute atomic E-state index is 0.537. The van der Waals surface area contributed by atoms with E-state index >= 15 is 0 Å². The van der Waals surface area contributed by atoms with Crippen molar-refractivity contribution in [3.8, 4) is 0 Å². The Bertz CT molecular complexity index is 351. The molecule has 1 N–H and O–H groups in total. The molecule has 0 aliphatic heterocycles.